The molecular formula is C18H21N5O2S. The Morgan fingerprint density at radius 3 is 2.73 bits per heavy atom. The fourth-order valence-electron chi connectivity index (χ4n) is 3.62. The smallest absolute Gasteiger partial charge is 0.267 e. The second kappa shape index (κ2) is 6.68. The van der Waals surface area contributed by atoms with Gasteiger partial charge in [-0.3, -0.25) is 9.59 Å². The first kappa shape index (κ1) is 17.0. The minimum atomic E-state index is -0.649. The van der Waals surface area contributed by atoms with Crippen molar-refractivity contribution in [3.05, 3.63) is 34.8 Å². The van der Waals surface area contributed by atoms with Gasteiger partial charge in [0, 0.05) is 13.1 Å². The molecule has 1 fully saturated rings. The van der Waals surface area contributed by atoms with Crippen LogP contribution in [-0.2, 0) is 11.2 Å². The Morgan fingerprint density at radius 1 is 1.27 bits per heavy atom. The summed E-state index contributed by atoms with van der Waals surface area (Å²) in [6, 6.07) is 7.70. The quantitative estimate of drug-likeness (QED) is 0.866. The van der Waals surface area contributed by atoms with Gasteiger partial charge in [0.25, 0.3) is 5.91 Å². The van der Waals surface area contributed by atoms with Gasteiger partial charge in [-0.2, -0.15) is 0 Å². The summed E-state index contributed by atoms with van der Waals surface area (Å²) in [7, 11) is 0. The van der Waals surface area contributed by atoms with E-state index in [-0.39, 0.29) is 11.8 Å². The van der Waals surface area contributed by atoms with Crippen LogP contribution in [0.25, 0.3) is 0 Å². The molecule has 0 atom stereocenters. The summed E-state index contributed by atoms with van der Waals surface area (Å²) in [6.45, 7) is 3.12. The summed E-state index contributed by atoms with van der Waals surface area (Å²) >= 11 is 1.16. The van der Waals surface area contributed by atoms with Crippen molar-refractivity contribution in [2.24, 2.45) is 0 Å². The third kappa shape index (κ3) is 2.84. The molecule has 0 bridgehead atoms. The summed E-state index contributed by atoms with van der Waals surface area (Å²) in [4.78, 5) is 28.0. The van der Waals surface area contributed by atoms with Crippen LogP contribution in [0.4, 0.5) is 11.4 Å². The lowest BCUT2D eigenvalue weighted by atomic mass is 9.84. The molecule has 2 aliphatic heterocycles. The highest BCUT2D eigenvalue weighted by Gasteiger charge is 2.45. The van der Waals surface area contributed by atoms with Crippen LogP contribution < -0.4 is 10.6 Å². The number of benzene rings is 1. The van der Waals surface area contributed by atoms with Gasteiger partial charge in [-0.15, -0.1) is 5.10 Å². The van der Waals surface area contributed by atoms with Gasteiger partial charge in [-0.1, -0.05) is 30.0 Å². The molecular weight excluding hydrogens is 350 g/mol. The van der Waals surface area contributed by atoms with E-state index in [2.05, 4.69) is 27.1 Å². The van der Waals surface area contributed by atoms with E-state index in [9.17, 15) is 9.59 Å². The number of rotatable bonds is 3. The first-order valence-electron chi connectivity index (χ1n) is 8.92. The lowest BCUT2D eigenvalue weighted by molar-refractivity contribution is -0.122. The van der Waals surface area contributed by atoms with Crippen LogP contribution in [-0.4, -0.2) is 44.9 Å². The maximum absolute atomic E-state index is 12.8. The summed E-state index contributed by atoms with van der Waals surface area (Å²) < 4.78 is 3.94. The second-order valence-corrected chi connectivity index (χ2v) is 7.55. The third-order valence-electron chi connectivity index (χ3n) is 5.12. The molecule has 26 heavy (non-hydrogen) atoms. The number of nitrogens with one attached hydrogen (secondary N) is 2. The van der Waals surface area contributed by atoms with Gasteiger partial charge in [0.05, 0.1) is 17.1 Å². The predicted molar refractivity (Wildman–Crippen MR) is 100 cm³/mol. The number of hydrogen-bond donors (Lipinski definition) is 2. The van der Waals surface area contributed by atoms with Crippen LogP contribution in [0.2, 0.25) is 0 Å². The first-order valence-corrected chi connectivity index (χ1v) is 9.69. The van der Waals surface area contributed by atoms with Crippen LogP contribution in [0.1, 0.15) is 41.6 Å². The number of aromatic nitrogens is 2. The Labute approximate surface area is 155 Å². The number of likely N-dealkylation sites (tertiary alicyclic amines) is 1. The standard InChI is InChI=1S/C18H21N5O2S/c1-2-5-14-15(26-22-21-14)16(24)23-10-8-18(9-11-23)17(25)19-12-6-3-4-7-13(12)20-18/h3-4,6-7,20H,2,5,8-11H2,1H3,(H,19,25). The fourth-order valence-corrected chi connectivity index (χ4v) is 4.29. The number of carbonyl (C=O) groups excluding carboxylic acids is 2. The van der Waals surface area contributed by atoms with E-state index >= 15 is 0 Å². The van der Waals surface area contributed by atoms with E-state index < -0.39 is 5.54 Å². The molecule has 8 heteroatoms. The molecule has 0 saturated carbocycles. The average molecular weight is 371 g/mol. The normalized spacial score (nSPS) is 18.2. The lowest BCUT2D eigenvalue weighted by Crippen LogP contribution is -2.59. The highest BCUT2D eigenvalue weighted by molar-refractivity contribution is 7.08. The molecule has 0 radical (unpaired) electrons. The summed E-state index contributed by atoms with van der Waals surface area (Å²) in [5.41, 5.74) is 1.87. The Hall–Kier alpha value is -2.48. The molecule has 7 nitrogen and oxygen atoms in total. The molecule has 0 unspecified atom stereocenters. The number of carbonyl (C=O) groups is 2. The van der Waals surface area contributed by atoms with Gasteiger partial charge in [0.15, 0.2) is 0 Å². The van der Waals surface area contributed by atoms with E-state index in [1.165, 1.54) is 0 Å². The second-order valence-electron chi connectivity index (χ2n) is 6.80. The molecule has 0 aliphatic carbocycles. The van der Waals surface area contributed by atoms with E-state index in [0.717, 1.165) is 41.4 Å². The number of aryl methyl sites for hydroxylation is 1. The van der Waals surface area contributed by atoms with Crippen molar-refractivity contribution < 1.29 is 9.59 Å². The topological polar surface area (TPSA) is 87.2 Å². The van der Waals surface area contributed by atoms with Crippen LogP contribution >= 0.6 is 11.5 Å². The molecule has 2 aliphatic rings. The number of piperidine rings is 1. The molecule has 1 aromatic carbocycles. The molecule has 2 N–H and O–H groups in total. The van der Waals surface area contributed by atoms with Gasteiger partial charge in [-0.25, -0.2) is 0 Å². The van der Waals surface area contributed by atoms with Crippen molar-refractivity contribution in [1.82, 2.24) is 14.5 Å². The summed E-state index contributed by atoms with van der Waals surface area (Å²) in [6.07, 6.45) is 2.84. The van der Waals surface area contributed by atoms with E-state index in [0.29, 0.717) is 30.8 Å². The number of fused-ring (bicyclic) bond motifs is 1. The van der Waals surface area contributed by atoms with Crippen molar-refractivity contribution in [2.75, 3.05) is 23.7 Å². The summed E-state index contributed by atoms with van der Waals surface area (Å²) in [5, 5.41) is 10.5. The maximum atomic E-state index is 12.8. The minimum absolute atomic E-state index is 0.0186. The van der Waals surface area contributed by atoms with Crippen molar-refractivity contribution >= 4 is 34.7 Å². The first-order chi connectivity index (χ1) is 12.6. The molecule has 1 spiro atoms. The monoisotopic (exact) mass is 371 g/mol. The number of amides is 2. The van der Waals surface area contributed by atoms with Crippen molar-refractivity contribution in [1.29, 1.82) is 0 Å². The van der Waals surface area contributed by atoms with Gasteiger partial charge in [0.2, 0.25) is 5.91 Å². The Morgan fingerprint density at radius 2 is 2.00 bits per heavy atom. The van der Waals surface area contributed by atoms with Crippen molar-refractivity contribution in [3.63, 3.8) is 0 Å². The maximum Gasteiger partial charge on any atom is 0.267 e. The van der Waals surface area contributed by atoms with Crippen molar-refractivity contribution in [2.45, 2.75) is 38.1 Å². The Kier molecular flexibility index (Phi) is 4.36. The summed E-state index contributed by atoms with van der Waals surface area (Å²) in [5.74, 6) is -0.0376. The number of hydrogen-bond acceptors (Lipinski definition) is 6. The van der Waals surface area contributed by atoms with E-state index in [4.69, 9.17) is 0 Å². The Balaban J connectivity index is 1.48. The third-order valence-corrected chi connectivity index (χ3v) is 5.88. The van der Waals surface area contributed by atoms with Crippen LogP contribution in [0.15, 0.2) is 24.3 Å². The number of nitrogens with zero attached hydrogens (tertiary/aromatic N) is 3. The van der Waals surface area contributed by atoms with Crippen LogP contribution in [0, 0.1) is 0 Å². The van der Waals surface area contributed by atoms with Gasteiger partial charge < -0.3 is 15.5 Å². The van der Waals surface area contributed by atoms with Crippen LogP contribution in [0.5, 0.6) is 0 Å². The highest BCUT2D eigenvalue weighted by Crippen LogP contribution is 2.36. The highest BCUT2D eigenvalue weighted by atomic mass is 32.1. The fraction of sp³-hybridized carbons (Fsp3) is 0.444. The largest absolute Gasteiger partial charge is 0.369 e. The number of anilines is 2. The average Bonchev–Trinajstić information content (AvgIpc) is 3.11. The molecule has 136 valence electrons. The van der Waals surface area contributed by atoms with Gasteiger partial charge in [0.1, 0.15) is 10.4 Å². The molecule has 3 heterocycles. The van der Waals surface area contributed by atoms with E-state index in [1.54, 1.807) is 0 Å². The van der Waals surface area contributed by atoms with Crippen LogP contribution in [0.3, 0.4) is 0 Å². The zero-order chi connectivity index (χ0) is 18.1. The zero-order valence-corrected chi connectivity index (χ0v) is 15.4. The van der Waals surface area contributed by atoms with E-state index in [1.807, 2.05) is 29.2 Å². The predicted octanol–water partition coefficient (Wildman–Crippen LogP) is 2.53. The Bertz CT molecular complexity index is 842. The molecule has 1 saturated heterocycles. The van der Waals surface area contributed by atoms with Gasteiger partial charge in [-0.05, 0) is 42.9 Å². The molecule has 2 aromatic rings. The van der Waals surface area contributed by atoms with Crippen molar-refractivity contribution in [3.8, 4) is 0 Å². The minimum Gasteiger partial charge on any atom is -0.369 e. The molecule has 4 rings (SSSR count). The lowest BCUT2D eigenvalue weighted by Gasteiger charge is -2.44. The SMILES string of the molecule is CCCc1nnsc1C(=O)N1CCC2(CC1)Nc1ccccc1NC2=O. The molecule has 1 aromatic heterocycles. The zero-order valence-electron chi connectivity index (χ0n) is 14.6. The van der Waals surface area contributed by atoms with Gasteiger partial charge >= 0.3 is 0 Å². The molecule has 2 amide bonds. The number of para-hydroxylation sites is 2.